The minimum atomic E-state index is -2.35. The van der Waals surface area contributed by atoms with Crippen LogP contribution in [0.4, 0.5) is 23.0 Å². The van der Waals surface area contributed by atoms with E-state index < -0.39 is 9.73 Å². The number of benzene rings is 2. The summed E-state index contributed by atoms with van der Waals surface area (Å²) < 4.78 is 25.2. The zero-order valence-electron chi connectivity index (χ0n) is 20.8. The molecule has 1 aliphatic rings. The maximum atomic E-state index is 13.2. The molecule has 2 aromatic heterocycles. The third kappa shape index (κ3) is 5.42. The maximum Gasteiger partial charge on any atom is 0.278 e. The summed E-state index contributed by atoms with van der Waals surface area (Å²) in [6, 6.07) is 15.3. The first-order valence-electron chi connectivity index (χ1n) is 11.9. The first-order valence-corrected chi connectivity index (χ1v) is 14.2. The molecule has 1 N–H and O–H groups in total. The summed E-state index contributed by atoms with van der Waals surface area (Å²) in [6.45, 7) is 7.27. The van der Waals surface area contributed by atoms with Crippen molar-refractivity contribution in [3.05, 3.63) is 77.7 Å². The molecule has 0 saturated carbocycles. The molecule has 1 fully saturated rings. The van der Waals surface area contributed by atoms with Crippen LogP contribution in [0.15, 0.2) is 76.5 Å². The number of fused-ring (bicyclic) bond motifs is 1. The third-order valence-electron chi connectivity index (χ3n) is 5.88. The quantitative estimate of drug-likeness (QED) is 0.371. The molecule has 0 spiro atoms. The summed E-state index contributed by atoms with van der Waals surface area (Å²) in [6.07, 6.45) is 6.34. The summed E-state index contributed by atoms with van der Waals surface area (Å²) in [5.41, 5.74) is 3.40. The molecule has 0 atom stereocenters. The Morgan fingerprint density at radius 2 is 1.89 bits per heavy atom. The van der Waals surface area contributed by atoms with E-state index in [4.69, 9.17) is 9.72 Å². The average molecular weight is 520 g/mol. The highest BCUT2D eigenvalue weighted by molar-refractivity contribution is 7.92. The second-order valence-electron chi connectivity index (χ2n) is 8.98. The highest BCUT2D eigenvalue weighted by atomic mass is 32.2. The fraction of sp³-hybridized carbons (Fsp3) is 0.269. The van der Waals surface area contributed by atoms with Gasteiger partial charge in [-0.2, -0.15) is 9.35 Å². The van der Waals surface area contributed by atoms with E-state index in [0.29, 0.717) is 28.4 Å². The molecule has 0 aliphatic carbocycles. The third-order valence-corrected chi connectivity index (χ3v) is 6.53. The normalized spacial score (nSPS) is 14.1. The highest BCUT2D eigenvalue weighted by Gasteiger charge is 2.17. The van der Waals surface area contributed by atoms with Gasteiger partial charge >= 0.3 is 0 Å². The zero-order valence-corrected chi connectivity index (χ0v) is 21.6. The predicted octanol–water partition coefficient (Wildman–Crippen LogP) is 3.71. The van der Waals surface area contributed by atoms with Gasteiger partial charge in [-0.05, 0) is 42.5 Å². The van der Waals surface area contributed by atoms with Crippen LogP contribution < -0.4 is 15.8 Å². The number of hydrogen-bond acceptors (Lipinski definition) is 8. The Morgan fingerprint density at radius 3 is 2.59 bits per heavy atom. The van der Waals surface area contributed by atoms with Crippen molar-refractivity contribution in [3.63, 3.8) is 0 Å². The van der Waals surface area contributed by atoms with Crippen molar-refractivity contribution in [3.8, 4) is 5.69 Å². The van der Waals surface area contributed by atoms with E-state index in [1.807, 2.05) is 24.3 Å². The zero-order chi connectivity index (χ0) is 26.0. The molecule has 2 aromatic carbocycles. The van der Waals surface area contributed by atoms with Crippen molar-refractivity contribution in [2.45, 2.75) is 6.54 Å². The van der Waals surface area contributed by atoms with Crippen molar-refractivity contribution in [1.29, 1.82) is 0 Å². The molecule has 0 radical (unpaired) electrons. The first kappa shape index (κ1) is 24.7. The van der Waals surface area contributed by atoms with Crippen LogP contribution in [0.2, 0.25) is 0 Å². The Morgan fingerprint density at radius 1 is 1.14 bits per heavy atom. The monoisotopic (exact) mass is 519 g/mol. The molecular weight excluding hydrogens is 490 g/mol. The van der Waals surface area contributed by atoms with Gasteiger partial charge in [0.05, 0.1) is 31.1 Å². The van der Waals surface area contributed by atoms with Gasteiger partial charge in [0.25, 0.3) is 5.56 Å². The lowest BCUT2D eigenvalue weighted by Gasteiger charge is -2.28. The molecule has 192 valence electrons. The van der Waals surface area contributed by atoms with Crippen LogP contribution in [0.3, 0.4) is 0 Å². The molecule has 0 amide bonds. The van der Waals surface area contributed by atoms with Crippen LogP contribution in [0.25, 0.3) is 16.7 Å². The van der Waals surface area contributed by atoms with Crippen molar-refractivity contribution >= 4 is 43.8 Å². The molecule has 11 heteroatoms. The van der Waals surface area contributed by atoms with Crippen LogP contribution in [0.5, 0.6) is 0 Å². The minimum Gasteiger partial charge on any atom is -0.378 e. The van der Waals surface area contributed by atoms with Gasteiger partial charge in [-0.3, -0.25) is 4.79 Å². The number of ether oxygens (including phenoxy) is 1. The van der Waals surface area contributed by atoms with E-state index in [1.165, 1.54) is 6.20 Å². The number of anilines is 3. The van der Waals surface area contributed by atoms with E-state index in [9.17, 15) is 9.00 Å². The molecule has 1 aliphatic heterocycles. The SMILES string of the molecule is C=CCn1c(=O)c2cnc(Nc3ccc(N4CCOCC4)cc3)nc2n1-c1cccc(N=S(C)(C)=O)c1. The number of rotatable bonds is 7. The van der Waals surface area contributed by atoms with Crippen molar-refractivity contribution in [1.82, 2.24) is 19.3 Å². The number of aromatic nitrogens is 4. The average Bonchev–Trinajstić information content (AvgIpc) is 3.15. The van der Waals surface area contributed by atoms with Crippen LogP contribution in [0, 0.1) is 0 Å². The van der Waals surface area contributed by atoms with E-state index in [2.05, 4.69) is 38.3 Å². The molecular formula is C26H29N7O3S. The standard InChI is InChI=1S/C26H29N7O3S/c1-4-12-32-25(34)23-18-27-26(28-19-8-10-21(11-9-19)31-13-15-36-16-14-31)29-24(23)33(32)22-7-5-6-20(17-22)30-37(2,3)35/h4-11,17-18H,1,12-16H2,2-3H3,(H,27,28,29). The van der Waals surface area contributed by atoms with Crippen LogP contribution >= 0.6 is 0 Å². The van der Waals surface area contributed by atoms with Crippen LogP contribution in [-0.4, -0.2) is 62.4 Å². The van der Waals surface area contributed by atoms with E-state index in [-0.39, 0.29) is 12.1 Å². The molecule has 3 heterocycles. The Balaban J connectivity index is 1.53. The Bertz CT molecular complexity index is 1620. The lowest BCUT2D eigenvalue weighted by atomic mass is 10.2. The van der Waals surface area contributed by atoms with Crippen molar-refractivity contribution < 1.29 is 8.95 Å². The fourth-order valence-corrected chi connectivity index (χ4v) is 4.90. The van der Waals surface area contributed by atoms with Gasteiger partial charge in [0, 0.05) is 52.9 Å². The Labute approximate surface area is 215 Å². The lowest BCUT2D eigenvalue weighted by molar-refractivity contribution is 0.122. The molecule has 37 heavy (non-hydrogen) atoms. The van der Waals surface area contributed by atoms with E-state index in [1.54, 1.807) is 40.1 Å². The molecule has 5 rings (SSSR count). The Hall–Kier alpha value is -3.96. The number of hydrogen-bond donors (Lipinski definition) is 1. The maximum absolute atomic E-state index is 13.2. The highest BCUT2D eigenvalue weighted by Crippen LogP contribution is 2.24. The van der Waals surface area contributed by atoms with Gasteiger partial charge in [-0.1, -0.05) is 12.1 Å². The number of morpholine rings is 1. The summed E-state index contributed by atoms with van der Waals surface area (Å²) in [4.78, 5) is 24.6. The fourth-order valence-electron chi connectivity index (χ4n) is 4.28. The van der Waals surface area contributed by atoms with Gasteiger partial charge in [0.15, 0.2) is 5.65 Å². The first-order chi connectivity index (χ1) is 17.8. The van der Waals surface area contributed by atoms with Gasteiger partial charge in [-0.15, -0.1) is 6.58 Å². The summed E-state index contributed by atoms with van der Waals surface area (Å²) in [5.74, 6) is 0.363. The van der Waals surface area contributed by atoms with Crippen LogP contribution in [0.1, 0.15) is 0 Å². The Kier molecular flexibility index (Phi) is 6.81. The molecule has 1 saturated heterocycles. The summed E-state index contributed by atoms with van der Waals surface area (Å²) in [5, 5.41) is 3.62. The van der Waals surface area contributed by atoms with Gasteiger partial charge in [0.1, 0.15) is 5.39 Å². The smallest absolute Gasteiger partial charge is 0.278 e. The predicted molar refractivity (Wildman–Crippen MR) is 148 cm³/mol. The summed E-state index contributed by atoms with van der Waals surface area (Å²) in [7, 11) is -2.35. The second-order valence-corrected chi connectivity index (χ2v) is 11.5. The van der Waals surface area contributed by atoms with E-state index in [0.717, 1.165) is 37.7 Å². The minimum absolute atomic E-state index is 0.228. The second kappa shape index (κ2) is 10.2. The molecule has 4 aromatic rings. The van der Waals surface area contributed by atoms with Crippen molar-refractivity contribution in [2.75, 3.05) is 49.0 Å². The largest absolute Gasteiger partial charge is 0.378 e. The number of allylic oxidation sites excluding steroid dienone is 1. The van der Waals surface area contributed by atoms with Gasteiger partial charge in [-0.25, -0.2) is 18.6 Å². The summed E-state index contributed by atoms with van der Waals surface area (Å²) >= 11 is 0. The van der Waals surface area contributed by atoms with Gasteiger partial charge in [0.2, 0.25) is 5.95 Å². The number of nitrogens with one attached hydrogen (secondary N) is 1. The molecule has 0 bridgehead atoms. The van der Waals surface area contributed by atoms with E-state index >= 15 is 0 Å². The van der Waals surface area contributed by atoms with Crippen molar-refractivity contribution in [2.24, 2.45) is 4.36 Å². The molecule has 10 nitrogen and oxygen atoms in total. The number of nitrogens with zero attached hydrogens (tertiary/aromatic N) is 6. The molecule has 0 unspecified atom stereocenters. The lowest BCUT2D eigenvalue weighted by Crippen LogP contribution is -2.36. The topological polar surface area (TPSA) is 107 Å². The van der Waals surface area contributed by atoms with Crippen LogP contribution in [-0.2, 0) is 21.0 Å². The van der Waals surface area contributed by atoms with Gasteiger partial charge < -0.3 is 15.0 Å².